The topological polar surface area (TPSA) is 64.2 Å². The first-order valence-corrected chi connectivity index (χ1v) is 5.73. The number of alkyl halides is 3. The van der Waals surface area contributed by atoms with Gasteiger partial charge in [0.25, 0.3) is 0 Å². The van der Waals surface area contributed by atoms with Crippen LogP contribution in [0.1, 0.15) is 23.7 Å². The van der Waals surface area contributed by atoms with Gasteiger partial charge < -0.3 is 10.2 Å². The first-order chi connectivity index (χ1) is 8.68. The third-order valence-electron chi connectivity index (χ3n) is 2.37. The van der Waals surface area contributed by atoms with Gasteiger partial charge in [-0.05, 0) is 12.1 Å². The predicted octanol–water partition coefficient (Wildman–Crippen LogP) is 3.32. The van der Waals surface area contributed by atoms with E-state index in [0.29, 0.717) is 12.1 Å². The molecule has 1 aromatic rings. The van der Waals surface area contributed by atoms with E-state index in [1.165, 1.54) is 0 Å². The average molecular weight is 314 g/mol. The summed E-state index contributed by atoms with van der Waals surface area (Å²) in [6, 6.07) is 2.82. The Labute approximate surface area is 116 Å². The van der Waals surface area contributed by atoms with Crippen LogP contribution < -0.4 is 0 Å². The van der Waals surface area contributed by atoms with Crippen molar-refractivity contribution in [2.75, 3.05) is 0 Å². The molecule has 0 heterocycles. The summed E-state index contributed by atoms with van der Waals surface area (Å²) in [4.78, 5) is 0. The number of hydrogen-bond donors (Lipinski definition) is 2. The number of aliphatic hydroxyl groups excluding tert-OH is 2. The van der Waals surface area contributed by atoms with E-state index in [0.717, 1.165) is 0 Å². The zero-order valence-electron chi connectivity index (χ0n) is 9.25. The van der Waals surface area contributed by atoms with Crippen LogP contribution in [0.5, 0.6) is 0 Å². The fraction of sp³-hybridized carbons (Fsp3) is 0.364. The van der Waals surface area contributed by atoms with Gasteiger partial charge >= 0.3 is 6.18 Å². The van der Waals surface area contributed by atoms with Crippen molar-refractivity contribution in [3.8, 4) is 6.07 Å². The lowest BCUT2D eigenvalue weighted by atomic mass is 10.0. The number of benzene rings is 1. The summed E-state index contributed by atoms with van der Waals surface area (Å²) in [6.07, 6.45) is -8.16. The molecule has 0 spiro atoms. The second-order valence-electron chi connectivity index (χ2n) is 3.73. The van der Waals surface area contributed by atoms with Crippen molar-refractivity contribution in [3.63, 3.8) is 0 Å². The molecule has 0 aliphatic rings. The van der Waals surface area contributed by atoms with Crippen LogP contribution in [0.2, 0.25) is 10.0 Å². The monoisotopic (exact) mass is 313 g/mol. The standard InChI is InChI=1S/C11H8Cl2F3NO2/c12-6-3-5(11(14,15)16)4-7(13)9(6)10(19)8(18)1-2-17/h3-4,8,10,18-19H,1H2. The number of halogens is 5. The molecule has 2 N–H and O–H groups in total. The molecule has 104 valence electrons. The van der Waals surface area contributed by atoms with E-state index >= 15 is 0 Å². The maximum absolute atomic E-state index is 12.5. The smallest absolute Gasteiger partial charge is 0.389 e. The SMILES string of the molecule is N#CCC(O)C(O)c1c(Cl)cc(C(F)(F)F)cc1Cl. The van der Waals surface area contributed by atoms with Crippen LogP contribution >= 0.6 is 23.2 Å². The number of hydrogen-bond acceptors (Lipinski definition) is 3. The molecule has 0 amide bonds. The molecule has 2 atom stereocenters. The highest BCUT2D eigenvalue weighted by Crippen LogP contribution is 2.39. The normalized spacial score (nSPS) is 14.8. The molecule has 0 aliphatic carbocycles. The van der Waals surface area contributed by atoms with E-state index in [2.05, 4.69) is 0 Å². The Bertz CT molecular complexity index is 491. The molecule has 19 heavy (non-hydrogen) atoms. The molecular weight excluding hydrogens is 306 g/mol. The highest BCUT2D eigenvalue weighted by Gasteiger charge is 2.33. The molecule has 0 radical (unpaired) electrons. The lowest BCUT2D eigenvalue weighted by Gasteiger charge is -2.19. The largest absolute Gasteiger partial charge is 0.416 e. The molecule has 0 aliphatic heterocycles. The second-order valence-corrected chi connectivity index (χ2v) is 4.54. The number of aliphatic hydroxyl groups is 2. The minimum Gasteiger partial charge on any atom is -0.389 e. The van der Waals surface area contributed by atoms with Gasteiger partial charge in [-0.1, -0.05) is 23.2 Å². The molecule has 3 nitrogen and oxygen atoms in total. The summed E-state index contributed by atoms with van der Waals surface area (Å²) in [5.74, 6) is 0. The van der Waals surface area contributed by atoms with Gasteiger partial charge in [0, 0.05) is 15.6 Å². The minimum absolute atomic E-state index is 0.237. The Morgan fingerprint density at radius 3 is 2.05 bits per heavy atom. The Morgan fingerprint density at radius 2 is 1.68 bits per heavy atom. The van der Waals surface area contributed by atoms with Crippen LogP contribution in [0, 0.1) is 11.3 Å². The maximum atomic E-state index is 12.5. The molecule has 1 aromatic carbocycles. The van der Waals surface area contributed by atoms with Gasteiger partial charge in [-0.15, -0.1) is 0 Å². The van der Waals surface area contributed by atoms with Gasteiger partial charge in [0.1, 0.15) is 6.10 Å². The zero-order valence-corrected chi connectivity index (χ0v) is 10.8. The highest BCUT2D eigenvalue weighted by atomic mass is 35.5. The van der Waals surface area contributed by atoms with Crippen LogP contribution in [0.15, 0.2) is 12.1 Å². The Kier molecular flexibility index (Phi) is 5.04. The molecule has 1 rings (SSSR count). The van der Waals surface area contributed by atoms with Crippen LogP contribution in [0.3, 0.4) is 0 Å². The second kappa shape index (κ2) is 5.97. The average Bonchev–Trinajstić information content (AvgIpc) is 2.26. The number of rotatable bonds is 3. The fourth-order valence-electron chi connectivity index (χ4n) is 1.43. The predicted molar refractivity (Wildman–Crippen MR) is 62.7 cm³/mol. The van der Waals surface area contributed by atoms with Crippen molar-refractivity contribution >= 4 is 23.2 Å². The van der Waals surface area contributed by atoms with E-state index in [1.807, 2.05) is 0 Å². The van der Waals surface area contributed by atoms with Crippen molar-refractivity contribution in [1.82, 2.24) is 0 Å². The van der Waals surface area contributed by atoms with Crippen molar-refractivity contribution < 1.29 is 23.4 Å². The Morgan fingerprint density at radius 1 is 1.21 bits per heavy atom. The molecule has 0 fully saturated rings. The van der Waals surface area contributed by atoms with E-state index in [9.17, 15) is 23.4 Å². The van der Waals surface area contributed by atoms with Gasteiger partial charge in [0.05, 0.1) is 24.2 Å². The summed E-state index contributed by atoms with van der Waals surface area (Å²) in [5, 5.41) is 26.7. The molecule has 8 heteroatoms. The van der Waals surface area contributed by atoms with Crippen LogP contribution in [0.25, 0.3) is 0 Å². The molecule has 0 saturated heterocycles. The summed E-state index contributed by atoms with van der Waals surface area (Å²) in [7, 11) is 0. The molecule has 0 saturated carbocycles. The third-order valence-corrected chi connectivity index (χ3v) is 2.99. The Balaban J connectivity index is 3.22. The van der Waals surface area contributed by atoms with Crippen molar-refractivity contribution in [2.45, 2.75) is 24.8 Å². The van der Waals surface area contributed by atoms with E-state index in [4.69, 9.17) is 28.5 Å². The number of nitriles is 1. The molecule has 2 unspecified atom stereocenters. The van der Waals surface area contributed by atoms with Gasteiger partial charge in [-0.25, -0.2) is 0 Å². The summed E-state index contributed by atoms with van der Waals surface area (Å²) < 4.78 is 37.5. The van der Waals surface area contributed by atoms with Crippen molar-refractivity contribution in [2.24, 2.45) is 0 Å². The number of nitrogens with zero attached hydrogens (tertiary/aromatic N) is 1. The van der Waals surface area contributed by atoms with E-state index in [-0.39, 0.29) is 5.56 Å². The van der Waals surface area contributed by atoms with Gasteiger partial charge in [-0.2, -0.15) is 18.4 Å². The van der Waals surface area contributed by atoms with Gasteiger partial charge in [0.15, 0.2) is 0 Å². The van der Waals surface area contributed by atoms with Crippen molar-refractivity contribution in [1.29, 1.82) is 5.26 Å². The van der Waals surface area contributed by atoms with Crippen LogP contribution in [0.4, 0.5) is 13.2 Å². The molecule has 0 bridgehead atoms. The van der Waals surface area contributed by atoms with E-state index < -0.39 is 40.4 Å². The summed E-state index contributed by atoms with van der Waals surface area (Å²) in [6.45, 7) is 0. The van der Waals surface area contributed by atoms with Gasteiger partial charge in [0.2, 0.25) is 0 Å². The molecular formula is C11H8Cl2F3NO2. The van der Waals surface area contributed by atoms with Crippen LogP contribution in [-0.4, -0.2) is 16.3 Å². The van der Waals surface area contributed by atoms with Gasteiger partial charge in [-0.3, -0.25) is 0 Å². The first-order valence-electron chi connectivity index (χ1n) is 4.97. The minimum atomic E-state index is -4.62. The lowest BCUT2D eigenvalue weighted by Crippen LogP contribution is -2.19. The van der Waals surface area contributed by atoms with E-state index in [1.54, 1.807) is 6.07 Å². The zero-order chi connectivity index (χ0) is 14.8. The van der Waals surface area contributed by atoms with Crippen molar-refractivity contribution in [3.05, 3.63) is 33.3 Å². The lowest BCUT2D eigenvalue weighted by molar-refractivity contribution is -0.137. The Hall–Kier alpha value is -1.00. The molecule has 0 aromatic heterocycles. The third kappa shape index (κ3) is 3.74. The first kappa shape index (κ1) is 16.1. The highest BCUT2D eigenvalue weighted by molar-refractivity contribution is 6.36. The summed E-state index contributed by atoms with van der Waals surface area (Å²) in [5.41, 5.74) is -1.30. The maximum Gasteiger partial charge on any atom is 0.416 e. The fourth-order valence-corrected chi connectivity index (χ4v) is 2.14. The summed E-state index contributed by atoms with van der Waals surface area (Å²) >= 11 is 11.3. The van der Waals surface area contributed by atoms with Crippen LogP contribution in [-0.2, 0) is 6.18 Å². The quantitative estimate of drug-likeness (QED) is 0.899.